The largest absolute Gasteiger partial charge is 0.344 e. The topological polar surface area (TPSA) is 41.1 Å². The quantitative estimate of drug-likeness (QED) is 0.530. The molecule has 2 N–H and O–H groups in total. The van der Waals surface area contributed by atoms with E-state index < -0.39 is 0 Å². The molecule has 70 valence electrons. The van der Waals surface area contributed by atoms with E-state index in [1.54, 1.807) is 0 Å². The first-order chi connectivity index (χ1) is 6.29. The first kappa shape index (κ1) is 9.74. The van der Waals surface area contributed by atoms with Gasteiger partial charge in [0.25, 0.3) is 0 Å². The summed E-state index contributed by atoms with van der Waals surface area (Å²) >= 11 is 0. The molecule has 0 atom stereocenters. The summed E-state index contributed by atoms with van der Waals surface area (Å²) in [5, 5.41) is 5.77. The number of carbonyl (C=O) groups excluding carboxylic acids is 1. The number of nitrogens with one attached hydrogen (secondary N) is 2. The zero-order chi connectivity index (χ0) is 9.52. The highest BCUT2D eigenvalue weighted by Gasteiger charge is 1.90. The summed E-state index contributed by atoms with van der Waals surface area (Å²) in [7, 11) is 0. The van der Waals surface area contributed by atoms with Gasteiger partial charge in [0.05, 0.1) is 6.67 Å². The van der Waals surface area contributed by atoms with Crippen LogP contribution < -0.4 is 10.6 Å². The molecular weight excluding hydrogens is 164 g/mol. The van der Waals surface area contributed by atoms with Crippen LogP contribution in [0.25, 0.3) is 0 Å². The number of benzene rings is 1. The normalized spacial score (nSPS) is 9.62. The van der Waals surface area contributed by atoms with Gasteiger partial charge in [-0.05, 0) is 5.56 Å². The average Bonchev–Trinajstić information content (AvgIpc) is 2.14. The van der Waals surface area contributed by atoms with Crippen LogP contribution in [0.1, 0.15) is 12.5 Å². The molecule has 13 heavy (non-hydrogen) atoms. The van der Waals surface area contributed by atoms with Crippen LogP contribution in [0, 0.1) is 0 Å². The predicted octanol–water partition coefficient (Wildman–Crippen LogP) is 0.870. The fourth-order valence-electron chi connectivity index (χ4n) is 0.990. The molecule has 3 heteroatoms. The minimum Gasteiger partial charge on any atom is -0.344 e. The Kier molecular flexibility index (Phi) is 3.99. The lowest BCUT2D eigenvalue weighted by Crippen LogP contribution is -2.31. The fourth-order valence-corrected chi connectivity index (χ4v) is 0.990. The van der Waals surface area contributed by atoms with Crippen molar-refractivity contribution >= 4 is 5.91 Å². The zero-order valence-corrected chi connectivity index (χ0v) is 7.71. The second kappa shape index (κ2) is 5.32. The Labute approximate surface area is 78.2 Å². The van der Waals surface area contributed by atoms with Crippen molar-refractivity contribution < 1.29 is 4.79 Å². The Morgan fingerprint density at radius 2 is 2.00 bits per heavy atom. The Bertz CT molecular complexity index is 259. The van der Waals surface area contributed by atoms with Crippen molar-refractivity contribution in [1.29, 1.82) is 0 Å². The SMILES string of the molecule is CC(=O)NCNCc1ccccc1. The smallest absolute Gasteiger partial charge is 0.217 e. The number of hydrogen-bond donors (Lipinski definition) is 2. The summed E-state index contributed by atoms with van der Waals surface area (Å²) in [5.41, 5.74) is 1.22. The van der Waals surface area contributed by atoms with E-state index in [9.17, 15) is 4.79 Å². The lowest BCUT2D eigenvalue weighted by atomic mass is 10.2. The standard InChI is InChI=1S/C10H14N2O/c1-9(13)12-8-11-7-10-5-3-2-4-6-10/h2-6,11H,7-8H2,1H3,(H,12,13). The molecule has 1 aromatic carbocycles. The van der Waals surface area contributed by atoms with Crippen molar-refractivity contribution in [3.63, 3.8) is 0 Å². The van der Waals surface area contributed by atoms with Crippen LogP contribution in [0.15, 0.2) is 30.3 Å². The first-order valence-corrected chi connectivity index (χ1v) is 4.28. The van der Waals surface area contributed by atoms with Crippen molar-refractivity contribution in [1.82, 2.24) is 10.6 Å². The molecule has 0 saturated heterocycles. The van der Waals surface area contributed by atoms with Crippen molar-refractivity contribution in [3.05, 3.63) is 35.9 Å². The number of rotatable bonds is 4. The predicted molar refractivity (Wildman–Crippen MR) is 52.0 cm³/mol. The lowest BCUT2D eigenvalue weighted by Gasteiger charge is -2.04. The third-order valence-corrected chi connectivity index (χ3v) is 1.63. The molecule has 1 amide bonds. The van der Waals surface area contributed by atoms with E-state index in [0.717, 1.165) is 6.54 Å². The summed E-state index contributed by atoms with van der Waals surface area (Å²) in [4.78, 5) is 10.5. The molecule has 0 unspecified atom stereocenters. The van der Waals surface area contributed by atoms with Gasteiger partial charge in [-0.1, -0.05) is 30.3 Å². The van der Waals surface area contributed by atoms with Crippen molar-refractivity contribution in [2.24, 2.45) is 0 Å². The van der Waals surface area contributed by atoms with Crippen molar-refractivity contribution in [2.45, 2.75) is 13.5 Å². The van der Waals surface area contributed by atoms with E-state index in [-0.39, 0.29) is 5.91 Å². The fraction of sp³-hybridized carbons (Fsp3) is 0.300. The van der Waals surface area contributed by atoms with Gasteiger partial charge in [0.1, 0.15) is 0 Å². The minimum atomic E-state index is -0.0134. The van der Waals surface area contributed by atoms with Gasteiger partial charge in [0, 0.05) is 13.5 Å². The van der Waals surface area contributed by atoms with Crippen LogP contribution in [-0.4, -0.2) is 12.6 Å². The highest BCUT2D eigenvalue weighted by atomic mass is 16.1. The minimum absolute atomic E-state index is 0.0134. The van der Waals surface area contributed by atoms with Crippen LogP contribution in [0.5, 0.6) is 0 Å². The average molecular weight is 178 g/mol. The Morgan fingerprint density at radius 1 is 1.31 bits per heavy atom. The van der Waals surface area contributed by atoms with E-state index >= 15 is 0 Å². The number of carbonyl (C=O) groups is 1. The van der Waals surface area contributed by atoms with Gasteiger partial charge in [0.2, 0.25) is 5.91 Å². The number of amides is 1. The third-order valence-electron chi connectivity index (χ3n) is 1.63. The second-order valence-electron chi connectivity index (χ2n) is 2.82. The van der Waals surface area contributed by atoms with Gasteiger partial charge in [-0.3, -0.25) is 10.1 Å². The van der Waals surface area contributed by atoms with E-state index in [0.29, 0.717) is 6.67 Å². The third kappa shape index (κ3) is 4.28. The van der Waals surface area contributed by atoms with Crippen LogP contribution in [0.3, 0.4) is 0 Å². The highest BCUT2D eigenvalue weighted by molar-refractivity contribution is 5.72. The van der Waals surface area contributed by atoms with Crippen molar-refractivity contribution in [2.75, 3.05) is 6.67 Å². The highest BCUT2D eigenvalue weighted by Crippen LogP contribution is 1.96. The van der Waals surface area contributed by atoms with Crippen LogP contribution in [0.4, 0.5) is 0 Å². The number of hydrogen-bond acceptors (Lipinski definition) is 2. The summed E-state index contributed by atoms with van der Waals surface area (Å²) in [6, 6.07) is 10.1. The molecule has 0 aliphatic carbocycles. The van der Waals surface area contributed by atoms with Crippen LogP contribution in [0.2, 0.25) is 0 Å². The summed E-state index contributed by atoms with van der Waals surface area (Å²) in [6.45, 7) is 2.80. The second-order valence-corrected chi connectivity index (χ2v) is 2.82. The maximum absolute atomic E-state index is 10.5. The lowest BCUT2D eigenvalue weighted by molar-refractivity contribution is -0.119. The van der Waals surface area contributed by atoms with E-state index in [2.05, 4.69) is 10.6 Å². The van der Waals surface area contributed by atoms with Gasteiger partial charge in [0.15, 0.2) is 0 Å². The summed E-state index contributed by atoms with van der Waals surface area (Å²) < 4.78 is 0. The summed E-state index contributed by atoms with van der Waals surface area (Å²) in [5.74, 6) is -0.0134. The summed E-state index contributed by atoms with van der Waals surface area (Å²) in [6.07, 6.45) is 0. The molecule has 0 heterocycles. The Hall–Kier alpha value is -1.35. The molecular formula is C10H14N2O. The van der Waals surface area contributed by atoms with E-state index in [4.69, 9.17) is 0 Å². The van der Waals surface area contributed by atoms with Gasteiger partial charge >= 0.3 is 0 Å². The monoisotopic (exact) mass is 178 g/mol. The molecule has 0 aliphatic rings. The van der Waals surface area contributed by atoms with Gasteiger partial charge in [-0.2, -0.15) is 0 Å². The maximum atomic E-state index is 10.5. The molecule has 0 fully saturated rings. The van der Waals surface area contributed by atoms with Crippen LogP contribution in [-0.2, 0) is 11.3 Å². The van der Waals surface area contributed by atoms with Gasteiger partial charge in [-0.25, -0.2) is 0 Å². The maximum Gasteiger partial charge on any atom is 0.217 e. The molecule has 1 aromatic rings. The molecule has 0 radical (unpaired) electrons. The van der Waals surface area contributed by atoms with Crippen molar-refractivity contribution in [3.8, 4) is 0 Å². The first-order valence-electron chi connectivity index (χ1n) is 4.28. The van der Waals surface area contributed by atoms with Crippen LogP contribution >= 0.6 is 0 Å². The van der Waals surface area contributed by atoms with E-state index in [1.165, 1.54) is 12.5 Å². The molecule has 0 aliphatic heterocycles. The van der Waals surface area contributed by atoms with E-state index in [1.807, 2.05) is 30.3 Å². The molecule has 0 bridgehead atoms. The van der Waals surface area contributed by atoms with Gasteiger partial charge in [-0.15, -0.1) is 0 Å². The van der Waals surface area contributed by atoms with Gasteiger partial charge < -0.3 is 5.32 Å². The Balaban J connectivity index is 2.17. The molecule has 0 saturated carbocycles. The Morgan fingerprint density at radius 3 is 2.62 bits per heavy atom. The zero-order valence-electron chi connectivity index (χ0n) is 7.71. The molecule has 3 nitrogen and oxygen atoms in total. The molecule has 0 aromatic heterocycles. The molecule has 1 rings (SSSR count). The molecule has 0 spiro atoms.